The molecule has 2 saturated heterocycles. The summed E-state index contributed by atoms with van der Waals surface area (Å²) in [4.78, 5) is 29.2. The second-order valence-electron chi connectivity index (χ2n) is 14.0. The predicted molar refractivity (Wildman–Crippen MR) is 199 cm³/mol. The number of carboxylic acids is 1. The van der Waals surface area contributed by atoms with Gasteiger partial charge in [-0.3, -0.25) is 19.6 Å². The van der Waals surface area contributed by atoms with Crippen molar-refractivity contribution in [2.24, 2.45) is 5.92 Å². The molecule has 8 rings (SSSR count). The van der Waals surface area contributed by atoms with E-state index in [0.717, 1.165) is 64.9 Å². The van der Waals surface area contributed by atoms with E-state index in [1.807, 2.05) is 67.7 Å². The van der Waals surface area contributed by atoms with E-state index in [9.17, 15) is 15.0 Å². The molecule has 0 radical (unpaired) electrons. The molecule has 51 heavy (non-hydrogen) atoms. The van der Waals surface area contributed by atoms with E-state index in [2.05, 4.69) is 32.2 Å². The van der Waals surface area contributed by atoms with Gasteiger partial charge < -0.3 is 19.9 Å². The highest BCUT2D eigenvalue weighted by Gasteiger charge is 2.41. The van der Waals surface area contributed by atoms with Crippen molar-refractivity contribution in [3.63, 3.8) is 0 Å². The van der Waals surface area contributed by atoms with Gasteiger partial charge in [0.15, 0.2) is 11.4 Å². The SMILES string of the molecule is CC1(Cl)C(c2cccc(Nc3nccc4cc(CN5CC[C@H](O)C5)cnc34)c2)=CC=CC1c1nc2cc(CN3CC[C@@H](C(=O)O)C3)cc(Cl)c2o1. The smallest absolute Gasteiger partial charge is 0.307 e. The van der Waals surface area contributed by atoms with Crippen LogP contribution in [0.1, 0.15) is 48.3 Å². The first-order valence-electron chi connectivity index (χ1n) is 17.2. The van der Waals surface area contributed by atoms with Crippen LogP contribution in [0.2, 0.25) is 5.02 Å². The molecule has 1 aliphatic carbocycles. The van der Waals surface area contributed by atoms with E-state index >= 15 is 0 Å². The number of likely N-dealkylation sites (tertiary alicyclic amines) is 2. The molecule has 0 saturated carbocycles. The van der Waals surface area contributed by atoms with Crippen molar-refractivity contribution in [1.29, 1.82) is 0 Å². The molecule has 2 unspecified atom stereocenters. The molecule has 0 bridgehead atoms. The quantitative estimate of drug-likeness (QED) is 0.133. The third-order valence-corrected chi connectivity index (χ3v) is 11.0. The van der Waals surface area contributed by atoms with Crippen molar-refractivity contribution in [2.75, 3.05) is 31.5 Å². The van der Waals surface area contributed by atoms with E-state index in [4.69, 9.17) is 37.6 Å². The molecule has 2 aliphatic heterocycles. The van der Waals surface area contributed by atoms with Gasteiger partial charge in [0.05, 0.1) is 27.8 Å². The molecule has 2 fully saturated rings. The maximum atomic E-state index is 11.4. The third kappa shape index (κ3) is 6.86. The maximum Gasteiger partial charge on any atom is 0.307 e. The number of hydrogen-bond acceptors (Lipinski definition) is 9. The summed E-state index contributed by atoms with van der Waals surface area (Å²) < 4.78 is 6.29. The largest absolute Gasteiger partial charge is 0.481 e. The van der Waals surface area contributed by atoms with Gasteiger partial charge in [0.25, 0.3) is 0 Å². The number of carbonyl (C=O) groups is 1. The number of aromatic nitrogens is 3. The molecule has 3 aliphatic rings. The highest BCUT2D eigenvalue weighted by molar-refractivity contribution is 6.34. The van der Waals surface area contributed by atoms with Gasteiger partial charge in [0.2, 0.25) is 5.89 Å². The van der Waals surface area contributed by atoms with Crippen LogP contribution in [-0.2, 0) is 17.9 Å². The van der Waals surface area contributed by atoms with Crippen molar-refractivity contribution < 1.29 is 19.4 Å². The summed E-state index contributed by atoms with van der Waals surface area (Å²) in [5.41, 5.74) is 6.67. The number of allylic oxidation sites excluding steroid dienone is 4. The summed E-state index contributed by atoms with van der Waals surface area (Å²) in [7, 11) is 0. The molecule has 0 amide bonds. The molecule has 3 aromatic heterocycles. The Labute approximate surface area is 305 Å². The monoisotopic (exact) mass is 724 g/mol. The number of nitrogens with zero attached hydrogens (tertiary/aromatic N) is 5. The summed E-state index contributed by atoms with van der Waals surface area (Å²) in [6, 6.07) is 16.0. The minimum atomic E-state index is -0.897. The van der Waals surface area contributed by atoms with Crippen LogP contribution in [0.3, 0.4) is 0 Å². The zero-order valence-corrected chi connectivity index (χ0v) is 29.6. The molecule has 5 heterocycles. The van der Waals surface area contributed by atoms with Crippen molar-refractivity contribution in [2.45, 2.75) is 49.8 Å². The fraction of sp³-hybridized carbons (Fsp3) is 0.333. The molecule has 0 spiro atoms. The van der Waals surface area contributed by atoms with Gasteiger partial charge in [0.1, 0.15) is 11.0 Å². The first-order chi connectivity index (χ1) is 24.6. The number of aliphatic hydroxyl groups excluding tert-OH is 1. The van der Waals surface area contributed by atoms with Crippen molar-refractivity contribution in [3.05, 3.63) is 107 Å². The lowest BCUT2D eigenvalue weighted by atomic mass is 9.79. The molecule has 10 nitrogen and oxygen atoms in total. The first-order valence-corrected chi connectivity index (χ1v) is 18.0. The molecular formula is C39H38Cl2N6O4. The Morgan fingerprint density at radius 2 is 1.88 bits per heavy atom. The average Bonchev–Trinajstić information content (AvgIpc) is 3.85. The highest BCUT2D eigenvalue weighted by Crippen LogP contribution is 2.48. The van der Waals surface area contributed by atoms with Gasteiger partial charge in [-0.05, 0) is 85.0 Å². The van der Waals surface area contributed by atoms with Crippen LogP contribution in [0.5, 0.6) is 0 Å². The van der Waals surface area contributed by atoms with Gasteiger partial charge >= 0.3 is 5.97 Å². The highest BCUT2D eigenvalue weighted by atomic mass is 35.5. The number of halogens is 2. The van der Waals surface area contributed by atoms with Crippen LogP contribution in [-0.4, -0.2) is 78.1 Å². The Bertz CT molecular complexity index is 2200. The van der Waals surface area contributed by atoms with E-state index in [1.54, 1.807) is 6.20 Å². The number of pyridine rings is 2. The number of anilines is 2. The van der Waals surface area contributed by atoms with Gasteiger partial charge in [-0.1, -0.05) is 42.0 Å². The molecule has 5 aromatic rings. The Hall–Kier alpha value is -4.32. The second kappa shape index (κ2) is 13.7. The summed E-state index contributed by atoms with van der Waals surface area (Å²) >= 11 is 14.1. The van der Waals surface area contributed by atoms with E-state index in [1.165, 1.54) is 0 Å². The van der Waals surface area contributed by atoms with Crippen LogP contribution >= 0.6 is 23.2 Å². The minimum absolute atomic E-state index is 0.254. The number of rotatable bonds is 9. The van der Waals surface area contributed by atoms with Crippen LogP contribution < -0.4 is 5.32 Å². The number of alkyl halides is 1. The summed E-state index contributed by atoms with van der Waals surface area (Å²) in [5.74, 6) is -0.344. The lowest BCUT2D eigenvalue weighted by molar-refractivity contribution is -0.141. The zero-order valence-electron chi connectivity index (χ0n) is 28.1. The molecule has 2 aromatic carbocycles. The molecule has 4 atom stereocenters. The van der Waals surface area contributed by atoms with Gasteiger partial charge in [-0.25, -0.2) is 9.97 Å². The number of fused-ring (bicyclic) bond motifs is 2. The Kier molecular flexibility index (Phi) is 9.06. The average molecular weight is 726 g/mol. The fourth-order valence-corrected chi connectivity index (χ4v) is 8.20. The van der Waals surface area contributed by atoms with Gasteiger partial charge in [0, 0.05) is 56.2 Å². The number of aliphatic carboxylic acids is 1. The fourth-order valence-electron chi connectivity index (χ4n) is 7.59. The van der Waals surface area contributed by atoms with Crippen molar-refractivity contribution in [1.82, 2.24) is 24.8 Å². The third-order valence-electron chi connectivity index (χ3n) is 10.2. The van der Waals surface area contributed by atoms with E-state index in [0.29, 0.717) is 53.9 Å². The number of nitrogens with one attached hydrogen (secondary N) is 1. The van der Waals surface area contributed by atoms with Crippen LogP contribution in [0.4, 0.5) is 11.5 Å². The second-order valence-corrected chi connectivity index (χ2v) is 15.2. The number of hydrogen-bond donors (Lipinski definition) is 3. The number of benzene rings is 2. The lowest BCUT2D eigenvalue weighted by Crippen LogP contribution is -2.29. The van der Waals surface area contributed by atoms with Gasteiger partial charge in [-0.15, -0.1) is 11.6 Å². The van der Waals surface area contributed by atoms with E-state index in [-0.39, 0.29) is 17.9 Å². The topological polar surface area (TPSA) is 128 Å². The first kappa shape index (κ1) is 33.8. The van der Waals surface area contributed by atoms with Crippen LogP contribution in [0.25, 0.3) is 27.6 Å². The molecule has 262 valence electrons. The Morgan fingerprint density at radius 1 is 1.06 bits per heavy atom. The molecular weight excluding hydrogens is 687 g/mol. The Balaban J connectivity index is 1.01. The van der Waals surface area contributed by atoms with Gasteiger partial charge in [-0.2, -0.15) is 0 Å². The normalized spacial score (nSPS) is 24.1. The zero-order chi connectivity index (χ0) is 35.3. The summed E-state index contributed by atoms with van der Waals surface area (Å²) in [6.45, 7) is 6.12. The number of β-amino-alcohol motifs (C(OH)–C–C–N with tert-alkyl or cyclic N) is 1. The standard InChI is InChI=1S/C39H38Cl2N6O4/c1-39(41)30(6-3-7-31(39)37-45-33-16-23(15-32(40)35(33)51-37)19-46-12-9-27(21-46)38(49)50)25-4-2-5-28(17-25)44-36-34-26(8-11-42-36)14-24(18-43-34)20-47-13-10-29(48)22-47/h2-8,11,14-18,27,29,31,48H,9-10,12-13,19-22H2,1H3,(H,42,44)(H,49,50)/t27-,29+,31?,39?/m1/s1. The van der Waals surface area contributed by atoms with Crippen LogP contribution in [0, 0.1) is 5.92 Å². The number of carboxylic acid groups (broad SMARTS) is 1. The summed E-state index contributed by atoms with van der Waals surface area (Å²) in [5, 5.41) is 24.2. The summed E-state index contributed by atoms with van der Waals surface area (Å²) in [6.07, 6.45) is 10.9. The van der Waals surface area contributed by atoms with Crippen LogP contribution in [0.15, 0.2) is 83.6 Å². The predicted octanol–water partition coefficient (Wildman–Crippen LogP) is 7.38. The number of aliphatic hydroxyl groups is 1. The molecule has 12 heteroatoms. The maximum absolute atomic E-state index is 11.4. The molecule has 3 N–H and O–H groups in total. The van der Waals surface area contributed by atoms with Crippen molar-refractivity contribution >= 4 is 68.3 Å². The van der Waals surface area contributed by atoms with E-state index < -0.39 is 10.8 Å². The lowest BCUT2D eigenvalue weighted by Gasteiger charge is -2.33. The van der Waals surface area contributed by atoms with Crippen molar-refractivity contribution in [3.8, 4) is 0 Å². The Morgan fingerprint density at radius 3 is 2.69 bits per heavy atom. The number of oxazole rings is 1. The minimum Gasteiger partial charge on any atom is -0.481 e.